The standard InChI is InChI=1S/C24H27N2/c1-15(2)23-17(4)14-20-19-9-7-8-10-21(19)26(24(20)18(23)5)22-13-16(3)11-12-25(22)6/h7-15H,1-6H3/q+1/i12D. The van der Waals surface area contributed by atoms with Crippen molar-refractivity contribution in [2.24, 2.45) is 7.05 Å². The quantitative estimate of drug-likeness (QED) is 0.415. The SMILES string of the molecule is [2H]c1cc(C)cc(-n2c3ccccc3c3cc(C)c(C(C)C)c(C)c32)[n+]1C. The van der Waals surface area contributed by atoms with Crippen LogP contribution in [0.25, 0.3) is 27.6 Å². The van der Waals surface area contributed by atoms with Gasteiger partial charge in [-0.3, -0.25) is 0 Å². The van der Waals surface area contributed by atoms with Crippen molar-refractivity contribution in [3.05, 3.63) is 70.9 Å². The topological polar surface area (TPSA) is 8.81 Å². The lowest BCUT2D eigenvalue weighted by molar-refractivity contribution is -0.665. The van der Waals surface area contributed by atoms with Crippen molar-refractivity contribution in [3.63, 3.8) is 0 Å². The number of pyridine rings is 1. The van der Waals surface area contributed by atoms with Crippen molar-refractivity contribution >= 4 is 21.8 Å². The number of para-hydroxylation sites is 1. The summed E-state index contributed by atoms with van der Waals surface area (Å²) in [6.07, 6.45) is 0.518. The molecular weight excluding hydrogens is 316 g/mol. The Hall–Kier alpha value is -2.61. The Bertz CT molecular complexity index is 1200. The predicted molar refractivity (Wildman–Crippen MR) is 110 cm³/mol. The molecule has 0 saturated heterocycles. The molecule has 0 aliphatic carbocycles. The van der Waals surface area contributed by atoms with Crippen LogP contribution in [0.15, 0.2) is 48.6 Å². The van der Waals surface area contributed by atoms with Crippen LogP contribution in [0.1, 0.15) is 43.4 Å². The van der Waals surface area contributed by atoms with Crippen LogP contribution in [0, 0.1) is 20.8 Å². The van der Waals surface area contributed by atoms with E-state index >= 15 is 0 Å². The van der Waals surface area contributed by atoms with Crippen molar-refractivity contribution < 1.29 is 5.94 Å². The summed E-state index contributed by atoms with van der Waals surface area (Å²) < 4.78 is 12.7. The molecule has 0 unspecified atom stereocenters. The van der Waals surface area contributed by atoms with Crippen LogP contribution in [0.2, 0.25) is 0 Å². The molecule has 0 spiro atoms. The van der Waals surface area contributed by atoms with Gasteiger partial charge in [-0.25, -0.2) is 4.57 Å². The summed E-state index contributed by atoms with van der Waals surface area (Å²) >= 11 is 0. The van der Waals surface area contributed by atoms with Gasteiger partial charge in [-0.15, -0.1) is 0 Å². The van der Waals surface area contributed by atoms with Crippen LogP contribution >= 0.6 is 0 Å². The number of aromatic nitrogens is 2. The Morgan fingerprint density at radius 2 is 1.73 bits per heavy atom. The minimum Gasteiger partial charge on any atom is -0.237 e. The van der Waals surface area contributed by atoms with Gasteiger partial charge in [0.15, 0.2) is 0 Å². The number of aryl methyl sites for hydroxylation is 3. The molecule has 2 nitrogen and oxygen atoms in total. The fourth-order valence-corrected chi connectivity index (χ4v) is 4.45. The maximum absolute atomic E-state index is 8.37. The van der Waals surface area contributed by atoms with E-state index in [1.54, 1.807) is 0 Å². The van der Waals surface area contributed by atoms with Gasteiger partial charge in [0.25, 0.3) is 5.82 Å². The normalized spacial score (nSPS) is 12.3. The largest absolute Gasteiger partial charge is 0.286 e. The van der Waals surface area contributed by atoms with E-state index in [1.807, 2.05) is 17.7 Å². The highest BCUT2D eigenvalue weighted by atomic mass is 15.1. The third kappa shape index (κ3) is 2.36. The number of hydrogen-bond acceptors (Lipinski definition) is 0. The molecule has 0 N–H and O–H groups in total. The van der Waals surface area contributed by atoms with E-state index in [1.165, 1.54) is 38.5 Å². The minimum atomic E-state index is 0.471. The average molecular weight is 345 g/mol. The number of rotatable bonds is 2. The zero-order valence-electron chi connectivity index (χ0n) is 17.5. The first-order valence-electron chi connectivity index (χ1n) is 9.82. The van der Waals surface area contributed by atoms with Gasteiger partial charge in [0, 0.05) is 22.4 Å². The number of nitrogens with zero attached hydrogens (tertiary/aromatic N) is 2. The van der Waals surface area contributed by atoms with Crippen molar-refractivity contribution in [1.82, 2.24) is 4.57 Å². The van der Waals surface area contributed by atoms with Gasteiger partial charge >= 0.3 is 0 Å². The Morgan fingerprint density at radius 3 is 2.46 bits per heavy atom. The lowest BCUT2D eigenvalue weighted by atomic mass is 9.91. The van der Waals surface area contributed by atoms with Crippen LogP contribution in [0.3, 0.4) is 0 Å². The molecule has 4 aromatic rings. The van der Waals surface area contributed by atoms with Gasteiger partial charge < -0.3 is 0 Å². The number of fused-ring (bicyclic) bond motifs is 3. The van der Waals surface area contributed by atoms with E-state index in [9.17, 15) is 0 Å². The molecule has 0 amide bonds. The molecule has 0 bridgehead atoms. The maximum Gasteiger partial charge on any atom is 0.286 e. The Labute approximate surface area is 157 Å². The lowest BCUT2D eigenvalue weighted by Gasteiger charge is -2.15. The summed E-state index contributed by atoms with van der Waals surface area (Å²) in [5, 5.41) is 2.56. The molecule has 2 aromatic heterocycles. The second kappa shape index (κ2) is 5.98. The molecule has 132 valence electrons. The van der Waals surface area contributed by atoms with Gasteiger partial charge in [-0.05, 0) is 67.6 Å². The fraction of sp³-hybridized carbons (Fsp3) is 0.292. The van der Waals surface area contributed by atoms with Crippen molar-refractivity contribution in [2.45, 2.75) is 40.5 Å². The van der Waals surface area contributed by atoms with Crippen molar-refractivity contribution in [1.29, 1.82) is 0 Å². The molecule has 4 rings (SSSR count). The van der Waals surface area contributed by atoms with Gasteiger partial charge in [0.2, 0.25) is 0 Å². The van der Waals surface area contributed by atoms with E-state index in [4.69, 9.17) is 1.37 Å². The summed E-state index contributed by atoms with van der Waals surface area (Å²) in [6.45, 7) is 11.1. The van der Waals surface area contributed by atoms with Crippen LogP contribution in [0.4, 0.5) is 0 Å². The van der Waals surface area contributed by atoms with Gasteiger partial charge in [-0.1, -0.05) is 26.0 Å². The van der Waals surface area contributed by atoms with E-state index in [-0.39, 0.29) is 0 Å². The van der Waals surface area contributed by atoms with Crippen LogP contribution in [-0.2, 0) is 7.05 Å². The number of benzene rings is 2. The molecule has 2 heteroatoms. The molecular formula is C24H27N2+. The molecule has 0 aliphatic rings. The van der Waals surface area contributed by atoms with Crippen molar-refractivity contribution in [2.75, 3.05) is 0 Å². The van der Waals surface area contributed by atoms with Crippen LogP contribution in [0.5, 0.6) is 0 Å². The summed E-state index contributed by atoms with van der Waals surface area (Å²) in [5.74, 6) is 1.51. The first-order valence-corrected chi connectivity index (χ1v) is 9.32. The third-order valence-electron chi connectivity index (χ3n) is 5.45. The molecule has 2 aromatic carbocycles. The molecule has 0 fully saturated rings. The highest BCUT2D eigenvalue weighted by Crippen LogP contribution is 2.37. The fourth-order valence-electron chi connectivity index (χ4n) is 4.45. The average Bonchev–Trinajstić information content (AvgIpc) is 2.92. The zero-order chi connectivity index (χ0) is 19.5. The van der Waals surface area contributed by atoms with Crippen LogP contribution < -0.4 is 4.57 Å². The monoisotopic (exact) mass is 344 g/mol. The molecule has 0 saturated carbocycles. The molecule has 0 aliphatic heterocycles. The van der Waals surface area contributed by atoms with Crippen molar-refractivity contribution in [3.8, 4) is 5.82 Å². The van der Waals surface area contributed by atoms with E-state index in [0.717, 1.165) is 11.4 Å². The summed E-state index contributed by atoms with van der Waals surface area (Å²) in [5.41, 5.74) is 7.67. The zero-order valence-corrected chi connectivity index (χ0v) is 16.5. The van der Waals surface area contributed by atoms with E-state index < -0.39 is 0 Å². The summed E-state index contributed by atoms with van der Waals surface area (Å²) in [4.78, 5) is 0. The first-order chi connectivity index (χ1) is 12.8. The second-order valence-electron chi connectivity index (χ2n) is 7.71. The lowest BCUT2D eigenvalue weighted by Crippen LogP contribution is -2.33. The highest BCUT2D eigenvalue weighted by Gasteiger charge is 2.25. The Balaban J connectivity index is 2.28. The van der Waals surface area contributed by atoms with Gasteiger partial charge in [-0.2, -0.15) is 4.57 Å². The Morgan fingerprint density at radius 1 is 1.00 bits per heavy atom. The third-order valence-corrected chi connectivity index (χ3v) is 5.45. The summed E-state index contributed by atoms with van der Waals surface area (Å²) in [6, 6.07) is 15.0. The maximum atomic E-state index is 8.37. The van der Waals surface area contributed by atoms with Crippen LogP contribution in [-0.4, -0.2) is 4.57 Å². The van der Waals surface area contributed by atoms with E-state index in [2.05, 4.69) is 75.6 Å². The predicted octanol–water partition coefficient (Wildman–Crippen LogP) is 5.66. The minimum absolute atomic E-state index is 0.471. The molecule has 26 heavy (non-hydrogen) atoms. The highest BCUT2D eigenvalue weighted by molar-refractivity contribution is 6.10. The molecule has 0 atom stereocenters. The van der Waals surface area contributed by atoms with Gasteiger partial charge in [0.05, 0.1) is 13.2 Å². The molecule has 0 radical (unpaired) electrons. The summed E-state index contributed by atoms with van der Waals surface area (Å²) in [7, 11) is 1.98. The van der Waals surface area contributed by atoms with E-state index in [0.29, 0.717) is 12.1 Å². The van der Waals surface area contributed by atoms with Gasteiger partial charge in [0.1, 0.15) is 12.4 Å². The Kier molecular flexibility index (Phi) is 3.59. The second-order valence-corrected chi connectivity index (χ2v) is 7.71. The smallest absolute Gasteiger partial charge is 0.237 e. The first kappa shape index (κ1) is 15.6. The molecule has 2 heterocycles. The number of hydrogen-bond donors (Lipinski definition) is 0.